The maximum atomic E-state index is 14.5. The Bertz CT molecular complexity index is 1320. The minimum absolute atomic E-state index is 0.0168. The summed E-state index contributed by atoms with van der Waals surface area (Å²) in [6, 6.07) is 7.28. The van der Waals surface area contributed by atoms with Gasteiger partial charge in [0.15, 0.2) is 0 Å². The molecule has 3 aromatic rings. The van der Waals surface area contributed by atoms with Crippen LogP contribution in [0, 0.1) is 52.8 Å². The molecule has 3 rings (SSSR count). The number of hydrogen-bond donors (Lipinski definition) is 0. The zero-order valence-corrected chi connectivity index (χ0v) is 17.5. The van der Waals surface area contributed by atoms with Gasteiger partial charge in [0.25, 0.3) is 0 Å². The molecule has 0 N–H and O–H groups in total. The zero-order valence-electron chi connectivity index (χ0n) is 17.5. The third kappa shape index (κ3) is 5.96. The van der Waals surface area contributed by atoms with E-state index in [1.165, 1.54) is 18.1 Å². The highest BCUT2D eigenvalue weighted by Gasteiger charge is 2.23. The SMILES string of the molecule is CCCc1ccc(-c2cc(F)c(C#Cc3cc(F)c(C#CC(F)(F)F)c(F)c3)c(F)c2)c(F)c1. The Kier molecular flexibility index (Phi) is 7.32. The van der Waals surface area contributed by atoms with Gasteiger partial charge < -0.3 is 0 Å². The van der Waals surface area contributed by atoms with Crippen LogP contribution in [0.2, 0.25) is 0 Å². The summed E-state index contributed by atoms with van der Waals surface area (Å²) in [5.74, 6) is 0.624. The molecule has 0 nitrogen and oxygen atoms in total. The van der Waals surface area contributed by atoms with Crippen LogP contribution in [0.25, 0.3) is 11.1 Å². The van der Waals surface area contributed by atoms with Gasteiger partial charge in [-0.05, 0) is 47.9 Å². The van der Waals surface area contributed by atoms with Crippen molar-refractivity contribution in [2.45, 2.75) is 25.9 Å². The summed E-state index contributed by atoms with van der Waals surface area (Å²) < 4.78 is 108. The molecular formula is C26H14F8. The first-order chi connectivity index (χ1) is 16.0. The Balaban J connectivity index is 1.94. The van der Waals surface area contributed by atoms with Gasteiger partial charge in [-0.15, -0.1) is 0 Å². The van der Waals surface area contributed by atoms with Crippen LogP contribution in [-0.2, 0) is 6.42 Å². The number of benzene rings is 3. The molecule has 0 heterocycles. The van der Waals surface area contributed by atoms with Crippen LogP contribution in [0.4, 0.5) is 35.1 Å². The van der Waals surface area contributed by atoms with Crippen molar-refractivity contribution in [2.75, 3.05) is 0 Å². The molecule has 0 saturated heterocycles. The van der Waals surface area contributed by atoms with E-state index in [2.05, 4.69) is 11.8 Å². The number of halogens is 8. The van der Waals surface area contributed by atoms with Crippen LogP contribution in [0.15, 0.2) is 42.5 Å². The average Bonchev–Trinajstić information content (AvgIpc) is 2.72. The first-order valence-corrected chi connectivity index (χ1v) is 9.87. The van der Waals surface area contributed by atoms with E-state index >= 15 is 0 Å². The number of hydrogen-bond acceptors (Lipinski definition) is 0. The van der Waals surface area contributed by atoms with E-state index in [9.17, 15) is 35.1 Å². The summed E-state index contributed by atoms with van der Waals surface area (Å²) in [7, 11) is 0. The Morgan fingerprint density at radius 3 is 1.76 bits per heavy atom. The first-order valence-electron chi connectivity index (χ1n) is 9.87. The summed E-state index contributed by atoms with van der Waals surface area (Å²) in [4.78, 5) is 0. The van der Waals surface area contributed by atoms with Gasteiger partial charge in [0.05, 0.1) is 11.1 Å². The van der Waals surface area contributed by atoms with Gasteiger partial charge in [0.2, 0.25) is 0 Å². The van der Waals surface area contributed by atoms with Crippen molar-refractivity contribution in [3.8, 4) is 34.8 Å². The molecule has 34 heavy (non-hydrogen) atoms. The fourth-order valence-electron chi connectivity index (χ4n) is 3.12. The van der Waals surface area contributed by atoms with Gasteiger partial charge in [-0.3, -0.25) is 0 Å². The van der Waals surface area contributed by atoms with Crippen molar-refractivity contribution in [1.82, 2.24) is 0 Å². The number of aryl methyl sites for hydroxylation is 1. The van der Waals surface area contributed by atoms with Gasteiger partial charge in [-0.25, -0.2) is 22.0 Å². The van der Waals surface area contributed by atoms with E-state index < -0.39 is 46.4 Å². The zero-order chi connectivity index (χ0) is 25.0. The Morgan fingerprint density at radius 1 is 0.676 bits per heavy atom. The minimum atomic E-state index is -4.95. The molecule has 0 aliphatic rings. The minimum Gasteiger partial charge on any atom is -0.206 e. The molecule has 0 radical (unpaired) electrons. The standard InChI is InChI=1S/C26H14F8/c1-2-3-15-4-6-18(21(27)10-15)17-13-24(30)19(25(31)14-17)7-5-16-11-22(28)20(23(29)12-16)8-9-26(32,33)34/h4,6,10-14H,2-3H2,1H3. The predicted octanol–water partition coefficient (Wildman–Crippen LogP) is 7.32. The fraction of sp³-hybridized carbons (Fsp3) is 0.154. The number of rotatable bonds is 3. The molecule has 3 aromatic carbocycles. The molecule has 0 saturated carbocycles. The Labute approximate surface area is 190 Å². The van der Waals surface area contributed by atoms with Crippen molar-refractivity contribution in [1.29, 1.82) is 0 Å². The molecule has 0 bridgehead atoms. The predicted molar refractivity (Wildman–Crippen MR) is 111 cm³/mol. The second kappa shape index (κ2) is 10.0. The van der Waals surface area contributed by atoms with E-state index in [1.807, 2.05) is 6.92 Å². The lowest BCUT2D eigenvalue weighted by Gasteiger charge is -2.08. The van der Waals surface area contributed by atoms with Gasteiger partial charge in [0, 0.05) is 17.0 Å². The molecule has 0 spiro atoms. The lowest BCUT2D eigenvalue weighted by atomic mass is 9.99. The molecule has 0 aliphatic heterocycles. The summed E-state index contributed by atoms with van der Waals surface area (Å²) in [5.41, 5.74) is -1.57. The third-order valence-corrected chi connectivity index (χ3v) is 4.63. The lowest BCUT2D eigenvalue weighted by molar-refractivity contribution is -0.0696. The van der Waals surface area contributed by atoms with Crippen LogP contribution in [-0.4, -0.2) is 6.18 Å². The van der Waals surface area contributed by atoms with Gasteiger partial charge in [-0.2, -0.15) is 13.2 Å². The van der Waals surface area contributed by atoms with E-state index in [4.69, 9.17) is 0 Å². The van der Waals surface area contributed by atoms with E-state index in [-0.39, 0.29) is 16.7 Å². The summed E-state index contributed by atoms with van der Waals surface area (Å²) >= 11 is 0. The maximum absolute atomic E-state index is 14.5. The molecule has 0 aromatic heterocycles. The Morgan fingerprint density at radius 2 is 1.24 bits per heavy atom. The van der Waals surface area contributed by atoms with Gasteiger partial charge >= 0.3 is 6.18 Å². The highest BCUT2D eigenvalue weighted by atomic mass is 19.4. The first kappa shape index (κ1) is 24.9. The van der Waals surface area contributed by atoms with E-state index in [1.54, 1.807) is 6.07 Å². The van der Waals surface area contributed by atoms with E-state index in [0.717, 1.165) is 30.0 Å². The second-order valence-electron chi connectivity index (χ2n) is 7.19. The van der Waals surface area contributed by atoms with Crippen molar-refractivity contribution < 1.29 is 35.1 Å². The molecule has 0 fully saturated rings. The average molecular weight is 478 g/mol. The molecule has 0 aliphatic carbocycles. The number of alkyl halides is 3. The maximum Gasteiger partial charge on any atom is 0.458 e. The lowest BCUT2D eigenvalue weighted by Crippen LogP contribution is -2.02. The van der Waals surface area contributed by atoms with Gasteiger partial charge in [-0.1, -0.05) is 43.2 Å². The van der Waals surface area contributed by atoms with Crippen molar-refractivity contribution >= 4 is 0 Å². The van der Waals surface area contributed by atoms with Crippen LogP contribution in [0.1, 0.15) is 35.6 Å². The fourth-order valence-corrected chi connectivity index (χ4v) is 3.12. The summed E-state index contributed by atoms with van der Waals surface area (Å²) in [5, 5.41) is 0. The van der Waals surface area contributed by atoms with Gasteiger partial charge in [0.1, 0.15) is 29.1 Å². The van der Waals surface area contributed by atoms with Crippen molar-refractivity contribution in [2.24, 2.45) is 0 Å². The van der Waals surface area contributed by atoms with Crippen LogP contribution < -0.4 is 0 Å². The summed E-state index contributed by atoms with van der Waals surface area (Å²) in [6.45, 7) is 1.93. The topological polar surface area (TPSA) is 0 Å². The molecule has 0 atom stereocenters. The molecular weight excluding hydrogens is 464 g/mol. The van der Waals surface area contributed by atoms with Crippen molar-refractivity contribution in [3.05, 3.63) is 93.8 Å². The summed E-state index contributed by atoms with van der Waals surface area (Å²) in [6.07, 6.45) is -3.50. The second-order valence-corrected chi connectivity index (χ2v) is 7.19. The van der Waals surface area contributed by atoms with E-state index in [0.29, 0.717) is 18.6 Å². The third-order valence-electron chi connectivity index (χ3n) is 4.63. The monoisotopic (exact) mass is 478 g/mol. The smallest absolute Gasteiger partial charge is 0.206 e. The van der Waals surface area contributed by atoms with Crippen LogP contribution in [0.5, 0.6) is 0 Å². The largest absolute Gasteiger partial charge is 0.458 e. The molecule has 174 valence electrons. The highest BCUT2D eigenvalue weighted by Crippen LogP contribution is 2.27. The normalized spacial score (nSPS) is 10.9. The molecule has 0 amide bonds. The molecule has 8 heteroatoms. The van der Waals surface area contributed by atoms with Crippen LogP contribution >= 0.6 is 0 Å². The Hall–Kier alpha value is -3.78. The highest BCUT2D eigenvalue weighted by molar-refractivity contribution is 5.66. The quantitative estimate of drug-likeness (QED) is 0.274. The molecule has 0 unspecified atom stereocenters. The van der Waals surface area contributed by atoms with Crippen molar-refractivity contribution in [3.63, 3.8) is 0 Å². The van der Waals surface area contributed by atoms with Crippen LogP contribution in [0.3, 0.4) is 0 Å².